The third-order valence-corrected chi connectivity index (χ3v) is 4.77. The average Bonchev–Trinajstić information content (AvgIpc) is 3.19. The van der Waals surface area contributed by atoms with E-state index in [1.165, 1.54) is 25.7 Å². The first-order valence-corrected chi connectivity index (χ1v) is 8.39. The molecule has 124 valence electrons. The standard InChI is InChI=1S/C15H22N6O2/c1-20(11-6-9-22-10-11)14-15(21-7-4-2-3-5-8-21)17-13-12(16-14)18-23-19-13/h11H,2-10H2,1H3. The maximum Gasteiger partial charge on any atom is 0.245 e. The van der Waals surface area contributed by atoms with Crippen molar-refractivity contribution >= 4 is 22.9 Å². The maximum absolute atomic E-state index is 5.53. The zero-order valence-corrected chi connectivity index (χ0v) is 13.4. The summed E-state index contributed by atoms with van der Waals surface area (Å²) in [6.07, 6.45) is 5.93. The lowest BCUT2D eigenvalue weighted by molar-refractivity contribution is 0.193. The van der Waals surface area contributed by atoms with Crippen molar-refractivity contribution in [2.24, 2.45) is 0 Å². The number of hydrogen-bond acceptors (Lipinski definition) is 8. The molecular weight excluding hydrogens is 296 g/mol. The van der Waals surface area contributed by atoms with Crippen LogP contribution in [0.15, 0.2) is 4.63 Å². The SMILES string of the molecule is CN(c1nc2nonc2nc1N1CCCCCC1)C1CCOC1. The molecular formula is C15H22N6O2. The van der Waals surface area contributed by atoms with Crippen molar-refractivity contribution in [3.05, 3.63) is 0 Å². The molecule has 23 heavy (non-hydrogen) atoms. The van der Waals surface area contributed by atoms with Gasteiger partial charge in [-0.25, -0.2) is 14.6 Å². The molecule has 2 aliphatic heterocycles. The number of hydrogen-bond donors (Lipinski definition) is 0. The van der Waals surface area contributed by atoms with Crippen molar-refractivity contribution in [1.82, 2.24) is 20.3 Å². The Hall–Kier alpha value is -1.96. The Kier molecular flexibility index (Phi) is 3.99. The summed E-state index contributed by atoms with van der Waals surface area (Å²) in [6.45, 7) is 3.54. The molecule has 0 saturated carbocycles. The fraction of sp³-hybridized carbons (Fsp3) is 0.733. The fourth-order valence-electron chi connectivity index (χ4n) is 3.35. The molecule has 0 aliphatic carbocycles. The van der Waals surface area contributed by atoms with Gasteiger partial charge in [-0.05, 0) is 29.6 Å². The van der Waals surface area contributed by atoms with Gasteiger partial charge in [-0.3, -0.25) is 0 Å². The summed E-state index contributed by atoms with van der Waals surface area (Å²) in [6, 6.07) is 0.326. The van der Waals surface area contributed by atoms with Gasteiger partial charge in [-0.1, -0.05) is 12.8 Å². The lowest BCUT2D eigenvalue weighted by Gasteiger charge is -2.30. The number of aromatic nitrogens is 4. The normalized spacial score (nSPS) is 22.5. The van der Waals surface area contributed by atoms with Gasteiger partial charge in [0, 0.05) is 26.7 Å². The summed E-state index contributed by atoms with van der Waals surface area (Å²) in [7, 11) is 2.06. The Labute approximate surface area is 134 Å². The summed E-state index contributed by atoms with van der Waals surface area (Å²) in [5.41, 5.74) is 0.938. The Morgan fingerprint density at radius 3 is 2.48 bits per heavy atom. The zero-order valence-electron chi connectivity index (χ0n) is 13.4. The highest BCUT2D eigenvalue weighted by Gasteiger charge is 2.27. The molecule has 2 saturated heterocycles. The van der Waals surface area contributed by atoms with Gasteiger partial charge in [0.2, 0.25) is 11.3 Å². The molecule has 8 heteroatoms. The van der Waals surface area contributed by atoms with E-state index < -0.39 is 0 Å². The van der Waals surface area contributed by atoms with E-state index in [1.807, 2.05) is 0 Å². The molecule has 0 bridgehead atoms. The van der Waals surface area contributed by atoms with Gasteiger partial charge in [0.25, 0.3) is 0 Å². The molecule has 2 fully saturated rings. The lowest BCUT2D eigenvalue weighted by atomic mass is 10.2. The largest absolute Gasteiger partial charge is 0.379 e. The number of fused-ring (bicyclic) bond motifs is 1. The van der Waals surface area contributed by atoms with E-state index in [0.29, 0.717) is 17.3 Å². The van der Waals surface area contributed by atoms with Crippen LogP contribution in [-0.2, 0) is 4.74 Å². The van der Waals surface area contributed by atoms with Gasteiger partial charge < -0.3 is 14.5 Å². The van der Waals surface area contributed by atoms with Crippen molar-refractivity contribution in [2.45, 2.75) is 38.1 Å². The summed E-state index contributed by atoms with van der Waals surface area (Å²) in [4.78, 5) is 13.9. The van der Waals surface area contributed by atoms with Gasteiger partial charge in [-0.2, -0.15) is 0 Å². The van der Waals surface area contributed by atoms with Gasteiger partial charge >= 0.3 is 0 Å². The summed E-state index contributed by atoms with van der Waals surface area (Å²) >= 11 is 0. The highest BCUT2D eigenvalue weighted by Crippen LogP contribution is 2.30. The topological polar surface area (TPSA) is 80.4 Å². The van der Waals surface area contributed by atoms with E-state index in [9.17, 15) is 0 Å². The smallest absolute Gasteiger partial charge is 0.245 e. The predicted octanol–water partition coefficient (Wildman–Crippen LogP) is 1.62. The molecule has 0 amide bonds. The van der Waals surface area contributed by atoms with Gasteiger partial charge in [0.1, 0.15) is 0 Å². The summed E-state index contributed by atoms with van der Waals surface area (Å²) < 4.78 is 10.3. The summed E-state index contributed by atoms with van der Waals surface area (Å²) in [5.74, 6) is 1.75. The number of ether oxygens (including phenoxy) is 1. The van der Waals surface area contributed by atoms with Gasteiger partial charge in [0.05, 0.1) is 12.6 Å². The molecule has 2 aliphatic rings. The van der Waals surface area contributed by atoms with Crippen molar-refractivity contribution < 1.29 is 9.37 Å². The Morgan fingerprint density at radius 2 is 1.78 bits per heavy atom. The van der Waals surface area contributed by atoms with Crippen LogP contribution in [0.5, 0.6) is 0 Å². The molecule has 8 nitrogen and oxygen atoms in total. The van der Waals surface area contributed by atoms with Crippen LogP contribution >= 0.6 is 0 Å². The minimum absolute atomic E-state index is 0.326. The minimum atomic E-state index is 0.326. The van der Waals surface area contributed by atoms with Gasteiger partial charge in [0.15, 0.2) is 11.6 Å². The molecule has 1 atom stereocenters. The van der Waals surface area contributed by atoms with Crippen LogP contribution in [0.1, 0.15) is 32.1 Å². The molecule has 0 aromatic carbocycles. The minimum Gasteiger partial charge on any atom is -0.379 e. The van der Waals surface area contributed by atoms with Crippen LogP contribution < -0.4 is 9.80 Å². The van der Waals surface area contributed by atoms with E-state index in [0.717, 1.165) is 44.4 Å². The van der Waals surface area contributed by atoms with Gasteiger partial charge in [-0.15, -0.1) is 0 Å². The number of nitrogens with zero attached hydrogens (tertiary/aromatic N) is 6. The molecule has 0 N–H and O–H groups in total. The molecule has 0 radical (unpaired) electrons. The Bertz CT molecular complexity index is 625. The van der Waals surface area contributed by atoms with Crippen LogP contribution in [0.4, 0.5) is 11.6 Å². The maximum atomic E-state index is 5.53. The monoisotopic (exact) mass is 318 g/mol. The van der Waals surface area contributed by atoms with Crippen LogP contribution in [0.3, 0.4) is 0 Å². The number of rotatable bonds is 3. The lowest BCUT2D eigenvalue weighted by Crippen LogP contribution is -2.35. The average molecular weight is 318 g/mol. The van der Waals surface area contributed by atoms with Crippen molar-refractivity contribution in [3.63, 3.8) is 0 Å². The second kappa shape index (κ2) is 6.27. The predicted molar refractivity (Wildman–Crippen MR) is 85.7 cm³/mol. The highest BCUT2D eigenvalue weighted by molar-refractivity contribution is 5.74. The first kappa shape index (κ1) is 14.6. The number of likely N-dealkylation sites (N-methyl/N-ethyl adjacent to an activating group) is 1. The van der Waals surface area contributed by atoms with E-state index in [1.54, 1.807) is 0 Å². The quantitative estimate of drug-likeness (QED) is 0.844. The first-order valence-electron chi connectivity index (χ1n) is 8.39. The van der Waals surface area contributed by atoms with Crippen LogP contribution in [0, 0.1) is 0 Å². The van der Waals surface area contributed by atoms with Crippen LogP contribution in [0.2, 0.25) is 0 Å². The fourth-order valence-corrected chi connectivity index (χ4v) is 3.35. The number of anilines is 2. The molecule has 2 aromatic rings. The van der Waals surface area contributed by atoms with Crippen molar-refractivity contribution in [1.29, 1.82) is 0 Å². The zero-order chi connectivity index (χ0) is 15.6. The first-order chi connectivity index (χ1) is 11.3. The second-order valence-corrected chi connectivity index (χ2v) is 6.31. The summed E-state index contributed by atoms with van der Waals surface area (Å²) in [5, 5.41) is 7.72. The van der Waals surface area contributed by atoms with Crippen molar-refractivity contribution in [3.8, 4) is 0 Å². The Balaban J connectivity index is 1.74. The van der Waals surface area contributed by atoms with Crippen LogP contribution in [-0.4, -0.2) is 59.7 Å². The van der Waals surface area contributed by atoms with Crippen LogP contribution in [0.25, 0.3) is 11.3 Å². The third-order valence-electron chi connectivity index (χ3n) is 4.77. The second-order valence-electron chi connectivity index (χ2n) is 6.31. The molecule has 4 heterocycles. The van der Waals surface area contributed by atoms with E-state index in [2.05, 4.69) is 32.1 Å². The molecule has 2 aromatic heterocycles. The molecule has 0 spiro atoms. The van der Waals surface area contributed by atoms with E-state index >= 15 is 0 Å². The van der Waals surface area contributed by atoms with Crippen molar-refractivity contribution in [2.75, 3.05) is 43.2 Å². The molecule has 1 unspecified atom stereocenters. The highest BCUT2D eigenvalue weighted by atomic mass is 16.6. The van der Waals surface area contributed by atoms with E-state index in [4.69, 9.17) is 14.3 Å². The molecule has 4 rings (SSSR count). The Morgan fingerprint density at radius 1 is 1.04 bits per heavy atom. The third kappa shape index (κ3) is 2.83. The van der Waals surface area contributed by atoms with E-state index in [-0.39, 0.29) is 0 Å².